The SMILES string of the molecule is CCN(C(=O)CCc1ncc(-c2ccccc2F)o1)c1ccc(F)cc1. The first-order chi connectivity index (χ1) is 12.6. The van der Waals surface area contributed by atoms with E-state index in [0.29, 0.717) is 35.9 Å². The molecule has 3 aromatic rings. The van der Waals surface area contributed by atoms with Crippen LogP contribution in [0.5, 0.6) is 0 Å². The molecule has 0 unspecified atom stereocenters. The number of oxazole rings is 1. The Labute approximate surface area is 150 Å². The molecule has 6 heteroatoms. The Hall–Kier alpha value is -3.02. The second-order valence-corrected chi connectivity index (χ2v) is 5.71. The maximum atomic E-state index is 13.8. The third-order valence-electron chi connectivity index (χ3n) is 4.00. The monoisotopic (exact) mass is 356 g/mol. The Balaban J connectivity index is 1.66. The summed E-state index contributed by atoms with van der Waals surface area (Å²) >= 11 is 0. The van der Waals surface area contributed by atoms with Gasteiger partial charge in [-0.05, 0) is 43.3 Å². The summed E-state index contributed by atoms with van der Waals surface area (Å²) in [5.41, 5.74) is 0.970. The summed E-state index contributed by atoms with van der Waals surface area (Å²) in [7, 11) is 0. The zero-order valence-electron chi connectivity index (χ0n) is 14.3. The highest BCUT2D eigenvalue weighted by atomic mass is 19.1. The Kier molecular flexibility index (Phi) is 5.41. The predicted octanol–water partition coefficient (Wildman–Crippen LogP) is 4.61. The van der Waals surface area contributed by atoms with Crippen molar-refractivity contribution < 1.29 is 18.0 Å². The van der Waals surface area contributed by atoms with Crippen molar-refractivity contribution >= 4 is 11.6 Å². The number of carbonyl (C=O) groups excluding carboxylic acids is 1. The van der Waals surface area contributed by atoms with Crippen molar-refractivity contribution in [1.82, 2.24) is 4.98 Å². The van der Waals surface area contributed by atoms with E-state index in [1.54, 1.807) is 35.2 Å². The molecular weight excluding hydrogens is 338 g/mol. The zero-order chi connectivity index (χ0) is 18.5. The second-order valence-electron chi connectivity index (χ2n) is 5.71. The first-order valence-corrected chi connectivity index (χ1v) is 8.34. The first kappa shape index (κ1) is 17.8. The highest BCUT2D eigenvalue weighted by molar-refractivity contribution is 5.93. The number of nitrogens with zero attached hydrogens (tertiary/aromatic N) is 2. The predicted molar refractivity (Wildman–Crippen MR) is 94.6 cm³/mol. The van der Waals surface area contributed by atoms with Gasteiger partial charge in [0.05, 0.1) is 11.8 Å². The molecule has 0 aliphatic heterocycles. The van der Waals surface area contributed by atoms with Crippen LogP contribution in [-0.2, 0) is 11.2 Å². The highest BCUT2D eigenvalue weighted by Crippen LogP contribution is 2.24. The average Bonchev–Trinajstić information content (AvgIpc) is 3.11. The number of hydrogen-bond acceptors (Lipinski definition) is 3. The Morgan fingerprint density at radius 1 is 1.12 bits per heavy atom. The van der Waals surface area contributed by atoms with E-state index < -0.39 is 0 Å². The summed E-state index contributed by atoms with van der Waals surface area (Å²) < 4.78 is 32.4. The summed E-state index contributed by atoms with van der Waals surface area (Å²) in [6.07, 6.45) is 1.93. The fourth-order valence-corrected chi connectivity index (χ4v) is 2.68. The standard InChI is InChI=1S/C20H18F2N2O2/c1-2-24(15-9-7-14(21)8-10-15)20(25)12-11-19-23-13-18(26-19)16-5-3-4-6-17(16)22/h3-10,13H,2,11-12H2,1H3. The normalized spacial score (nSPS) is 10.7. The van der Waals surface area contributed by atoms with Gasteiger partial charge in [0.2, 0.25) is 5.91 Å². The number of halogens is 2. The van der Waals surface area contributed by atoms with Crippen molar-refractivity contribution in [1.29, 1.82) is 0 Å². The lowest BCUT2D eigenvalue weighted by Crippen LogP contribution is -2.30. The molecule has 0 spiro atoms. The van der Waals surface area contributed by atoms with Gasteiger partial charge in [0.15, 0.2) is 11.7 Å². The zero-order valence-corrected chi connectivity index (χ0v) is 14.3. The fraction of sp³-hybridized carbons (Fsp3) is 0.200. The summed E-state index contributed by atoms with van der Waals surface area (Å²) in [4.78, 5) is 18.2. The molecule has 0 aliphatic carbocycles. The Bertz CT molecular complexity index is 891. The largest absolute Gasteiger partial charge is 0.441 e. The molecule has 1 aromatic heterocycles. The van der Waals surface area contributed by atoms with Crippen molar-refractivity contribution in [2.45, 2.75) is 19.8 Å². The van der Waals surface area contributed by atoms with E-state index in [1.165, 1.54) is 24.4 Å². The van der Waals surface area contributed by atoms with Crippen LogP contribution >= 0.6 is 0 Å². The van der Waals surface area contributed by atoms with Gasteiger partial charge in [-0.25, -0.2) is 13.8 Å². The number of anilines is 1. The molecule has 134 valence electrons. The lowest BCUT2D eigenvalue weighted by atomic mass is 10.2. The molecule has 0 saturated heterocycles. The second kappa shape index (κ2) is 7.91. The molecule has 0 N–H and O–H groups in total. The van der Waals surface area contributed by atoms with E-state index in [9.17, 15) is 13.6 Å². The van der Waals surface area contributed by atoms with Crippen LogP contribution < -0.4 is 4.90 Å². The molecule has 1 heterocycles. The van der Waals surface area contributed by atoms with Gasteiger partial charge < -0.3 is 9.32 Å². The first-order valence-electron chi connectivity index (χ1n) is 8.34. The molecule has 0 radical (unpaired) electrons. The molecule has 0 fully saturated rings. The molecule has 3 rings (SSSR count). The topological polar surface area (TPSA) is 46.3 Å². The third-order valence-corrected chi connectivity index (χ3v) is 4.00. The van der Waals surface area contributed by atoms with Crippen molar-refractivity contribution in [3.63, 3.8) is 0 Å². The fourth-order valence-electron chi connectivity index (χ4n) is 2.68. The highest BCUT2D eigenvalue weighted by Gasteiger charge is 2.16. The van der Waals surface area contributed by atoms with Gasteiger partial charge >= 0.3 is 0 Å². The smallest absolute Gasteiger partial charge is 0.227 e. The van der Waals surface area contributed by atoms with E-state index in [1.807, 2.05) is 6.92 Å². The van der Waals surface area contributed by atoms with Crippen LogP contribution in [0.15, 0.2) is 59.1 Å². The lowest BCUT2D eigenvalue weighted by Gasteiger charge is -2.20. The van der Waals surface area contributed by atoms with E-state index in [-0.39, 0.29) is 24.0 Å². The minimum Gasteiger partial charge on any atom is -0.441 e. The van der Waals surface area contributed by atoms with Crippen LogP contribution in [0, 0.1) is 11.6 Å². The minimum absolute atomic E-state index is 0.121. The van der Waals surface area contributed by atoms with Gasteiger partial charge in [0.1, 0.15) is 11.6 Å². The van der Waals surface area contributed by atoms with Crippen LogP contribution in [0.2, 0.25) is 0 Å². The number of benzene rings is 2. The number of aryl methyl sites for hydroxylation is 1. The maximum absolute atomic E-state index is 13.8. The molecule has 26 heavy (non-hydrogen) atoms. The van der Waals surface area contributed by atoms with Crippen LogP contribution in [0.1, 0.15) is 19.2 Å². The summed E-state index contributed by atoms with van der Waals surface area (Å²) in [5.74, 6) is -0.162. The summed E-state index contributed by atoms with van der Waals surface area (Å²) in [6, 6.07) is 12.0. The number of aromatic nitrogens is 1. The molecular formula is C20H18F2N2O2. The van der Waals surface area contributed by atoms with E-state index in [2.05, 4.69) is 4.98 Å². The van der Waals surface area contributed by atoms with Crippen LogP contribution in [0.4, 0.5) is 14.5 Å². The molecule has 0 saturated carbocycles. The van der Waals surface area contributed by atoms with E-state index in [4.69, 9.17) is 4.42 Å². The van der Waals surface area contributed by atoms with Crippen LogP contribution in [-0.4, -0.2) is 17.4 Å². The van der Waals surface area contributed by atoms with Crippen molar-refractivity contribution in [3.8, 4) is 11.3 Å². The van der Waals surface area contributed by atoms with Crippen molar-refractivity contribution in [3.05, 3.63) is 72.3 Å². The molecule has 0 bridgehead atoms. The Morgan fingerprint density at radius 2 is 1.85 bits per heavy atom. The summed E-state index contributed by atoms with van der Waals surface area (Å²) in [5, 5.41) is 0. The number of carbonyl (C=O) groups is 1. The molecule has 2 aromatic carbocycles. The Morgan fingerprint density at radius 3 is 2.54 bits per heavy atom. The molecule has 4 nitrogen and oxygen atoms in total. The van der Waals surface area contributed by atoms with Crippen LogP contribution in [0.3, 0.4) is 0 Å². The number of amides is 1. The number of hydrogen-bond donors (Lipinski definition) is 0. The third kappa shape index (κ3) is 3.96. The van der Waals surface area contributed by atoms with Gasteiger partial charge in [-0.3, -0.25) is 4.79 Å². The maximum Gasteiger partial charge on any atom is 0.227 e. The minimum atomic E-state index is -0.389. The quantitative estimate of drug-likeness (QED) is 0.648. The summed E-state index contributed by atoms with van der Waals surface area (Å²) in [6.45, 7) is 2.32. The molecule has 0 atom stereocenters. The van der Waals surface area contributed by atoms with Gasteiger partial charge in [-0.1, -0.05) is 12.1 Å². The van der Waals surface area contributed by atoms with Gasteiger partial charge in [0.25, 0.3) is 0 Å². The van der Waals surface area contributed by atoms with Gasteiger partial charge in [0, 0.05) is 25.1 Å². The average molecular weight is 356 g/mol. The van der Waals surface area contributed by atoms with E-state index in [0.717, 1.165) is 0 Å². The van der Waals surface area contributed by atoms with Gasteiger partial charge in [-0.2, -0.15) is 0 Å². The number of rotatable bonds is 6. The molecule has 0 aliphatic rings. The lowest BCUT2D eigenvalue weighted by molar-refractivity contribution is -0.118. The van der Waals surface area contributed by atoms with Crippen LogP contribution in [0.25, 0.3) is 11.3 Å². The van der Waals surface area contributed by atoms with E-state index >= 15 is 0 Å². The molecule has 1 amide bonds. The van der Waals surface area contributed by atoms with Crippen molar-refractivity contribution in [2.24, 2.45) is 0 Å². The van der Waals surface area contributed by atoms with Gasteiger partial charge in [-0.15, -0.1) is 0 Å². The van der Waals surface area contributed by atoms with Crippen molar-refractivity contribution in [2.75, 3.05) is 11.4 Å².